The Balaban J connectivity index is 1.69. The monoisotopic (exact) mass is 318 g/mol. The summed E-state index contributed by atoms with van der Waals surface area (Å²) in [7, 11) is 0. The maximum atomic E-state index is 12.8. The number of rotatable bonds is 1. The summed E-state index contributed by atoms with van der Waals surface area (Å²) in [6, 6.07) is 7.38. The minimum absolute atomic E-state index is 0.0545. The van der Waals surface area contributed by atoms with E-state index in [1.807, 2.05) is 25.1 Å². The predicted octanol–water partition coefficient (Wildman–Crippen LogP) is 1.30. The molecule has 6 nitrogen and oxygen atoms in total. The van der Waals surface area contributed by atoms with Crippen LogP contribution < -0.4 is 9.47 Å². The second-order valence-electron chi connectivity index (χ2n) is 5.99. The highest BCUT2D eigenvalue weighted by molar-refractivity contribution is 5.82. The standard InChI is InChI=1S/C17H22N2O4/c1-12-16(23-15-7-4-3-6-14(15)22-12)17(21)19-9-5-8-18(10-11-19)13(2)20/h3-4,6-7,12,16H,5,8-11H2,1-2H3/t12-,16+/m0/s1. The van der Waals surface area contributed by atoms with Crippen LogP contribution in [-0.4, -0.2) is 60.0 Å². The average Bonchev–Trinajstić information content (AvgIpc) is 2.79. The summed E-state index contributed by atoms with van der Waals surface area (Å²) in [5.41, 5.74) is 0. The molecule has 2 aliphatic rings. The Morgan fingerprint density at radius 1 is 1.00 bits per heavy atom. The van der Waals surface area contributed by atoms with Gasteiger partial charge in [-0.3, -0.25) is 9.59 Å². The van der Waals surface area contributed by atoms with Crippen LogP contribution in [0.1, 0.15) is 20.3 Å². The summed E-state index contributed by atoms with van der Waals surface area (Å²) in [4.78, 5) is 27.9. The van der Waals surface area contributed by atoms with Crippen LogP contribution in [0.3, 0.4) is 0 Å². The fraction of sp³-hybridized carbons (Fsp3) is 0.529. The van der Waals surface area contributed by atoms with Crippen molar-refractivity contribution in [2.75, 3.05) is 26.2 Å². The Morgan fingerprint density at radius 3 is 2.30 bits per heavy atom. The number of ether oxygens (including phenoxy) is 2. The van der Waals surface area contributed by atoms with Crippen molar-refractivity contribution >= 4 is 11.8 Å². The first-order valence-corrected chi connectivity index (χ1v) is 8.03. The van der Waals surface area contributed by atoms with E-state index in [4.69, 9.17) is 9.47 Å². The smallest absolute Gasteiger partial charge is 0.267 e. The zero-order chi connectivity index (χ0) is 16.4. The second kappa shape index (κ2) is 6.48. The summed E-state index contributed by atoms with van der Waals surface area (Å²) in [6.07, 6.45) is -0.206. The summed E-state index contributed by atoms with van der Waals surface area (Å²) in [5.74, 6) is 1.25. The number of carbonyl (C=O) groups is 2. The quantitative estimate of drug-likeness (QED) is 0.783. The molecule has 1 aromatic carbocycles. The summed E-state index contributed by atoms with van der Waals surface area (Å²) in [6.45, 7) is 5.84. The van der Waals surface area contributed by atoms with E-state index in [1.54, 1.807) is 22.8 Å². The van der Waals surface area contributed by atoms with Crippen LogP contribution in [0.4, 0.5) is 0 Å². The lowest BCUT2D eigenvalue weighted by atomic mass is 10.1. The molecule has 2 heterocycles. The minimum Gasteiger partial charge on any atom is -0.482 e. The molecule has 0 aromatic heterocycles. The fourth-order valence-electron chi connectivity index (χ4n) is 3.02. The molecule has 0 aliphatic carbocycles. The Kier molecular flexibility index (Phi) is 4.41. The Bertz CT molecular complexity index is 604. The minimum atomic E-state index is -0.645. The largest absolute Gasteiger partial charge is 0.482 e. The van der Waals surface area contributed by atoms with Gasteiger partial charge in [0.15, 0.2) is 11.5 Å². The van der Waals surface area contributed by atoms with E-state index < -0.39 is 6.10 Å². The van der Waals surface area contributed by atoms with Crippen molar-refractivity contribution in [1.82, 2.24) is 9.80 Å². The highest BCUT2D eigenvalue weighted by Crippen LogP contribution is 2.33. The van der Waals surface area contributed by atoms with E-state index >= 15 is 0 Å². The van der Waals surface area contributed by atoms with E-state index in [1.165, 1.54) is 0 Å². The zero-order valence-corrected chi connectivity index (χ0v) is 13.5. The number of hydrogen-bond donors (Lipinski definition) is 0. The molecule has 0 spiro atoms. The van der Waals surface area contributed by atoms with Gasteiger partial charge in [0.05, 0.1) is 0 Å². The topological polar surface area (TPSA) is 59.1 Å². The summed E-state index contributed by atoms with van der Waals surface area (Å²) < 4.78 is 11.7. The van der Waals surface area contributed by atoms with Gasteiger partial charge < -0.3 is 19.3 Å². The molecule has 124 valence electrons. The number of nitrogens with zero attached hydrogens (tertiary/aromatic N) is 2. The van der Waals surface area contributed by atoms with Crippen molar-refractivity contribution in [2.45, 2.75) is 32.5 Å². The van der Waals surface area contributed by atoms with Crippen LogP contribution in [0.2, 0.25) is 0 Å². The highest BCUT2D eigenvalue weighted by atomic mass is 16.6. The van der Waals surface area contributed by atoms with Crippen molar-refractivity contribution in [1.29, 1.82) is 0 Å². The lowest BCUT2D eigenvalue weighted by Crippen LogP contribution is -2.51. The predicted molar refractivity (Wildman–Crippen MR) is 84.4 cm³/mol. The SMILES string of the molecule is CC(=O)N1CCCN(C(=O)[C@@H]2Oc3ccccc3O[C@H]2C)CC1. The number of para-hydroxylation sites is 2. The van der Waals surface area contributed by atoms with Crippen molar-refractivity contribution in [3.8, 4) is 11.5 Å². The zero-order valence-electron chi connectivity index (χ0n) is 13.5. The van der Waals surface area contributed by atoms with Gasteiger partial charge in [-0.15, -0.1) is 0 Å². The number of benzene rings is 1. The van der Waals surface area contributed by atoms with Crippen LogP contribution in [0.25, 0.3) is 0 Å². The molecule has 1 fully saturated rings. The molecular weight excluding hydrogens is 296 g/mol. The van der Waals surface area contributed by atoms with Crippen LogP contribution in [0.15, 0.2) is 24.3 Å². The first-order valence-electron chi connectivity index (χ1n) is 8.03. The van der Waals surface area contributed by atoms with Gasteiger partial charge in [0.2, 0.25) is 12.0 Å². The molecule has 6 heteroatoms. The van der Waals surface area contributed by atoms with Gasteiger partial charge in [-0.05, 0) is 25.5 Å². The lowest BCUT2D eigenvalue weighted by molar-refractivity contribution is -0.144. The van der Waals surface area contributed by atoms with Crippen molar-refractivity contribution in [2.24, 2.45) is 0 Å². The molecule has 0 N–H and O–H groups in total. The molecular formula is C17H22N2O4. The molecule has 1 saturated heterocycles. The molecule has 2 aliphatic heterocycles. The second-order valence-corrected chi connectivity index (χ2v) is 5.99. The molecule has 0 bridgehead atoms. The normalized spacial score (nSPS) is 24.1. The third kappa shape index (κ3) is 3.25. The molecule has 0 unspecified atom stereocenters. The molecule has 2 amide bonds. The highest BCUT2D eigenvalue weighted by Gasteiger charge is 2.37. The van der Waals surface area contributed by atoms with Gasteiger partial charge in [-0.1, -0.05) is 12.1 Å². The number of hydrogen-bond acceptors (Lipinski definition) is 4. The van der Waals surface area contributed by atoms with Crippen LogP contribution >= 0.6 is 0 Å². The molecule has 3 rings (SSSR count). The van der Waals surface area contributed by atoms with Crippen LogP contribution in [-0.2, 0) is 9.59 Å². The number of amides is 2. The maximum absolute atomic E-state index is 12.8. The van der Waals surface area contributed by atoms with E-state index in [0.29, 0.717) is 37.7 Å². The van der Waals surface area contributed by atoms with Crippen LogP contribution in [0, 0.1) is 0 Å². The molecule has 2 atom stereocenters. The molecule has 1 aromatic rings. The molecule has 0 radical (unpaired) electrons. The van der Waals surface area contributed by atoms with Crippen molar-refractivity contribution < 1.29 is 19.1 Å². The first kappa shape index (κ1) is 15.6. The van der Waals surface area contributed by atoms with E-state index in [9.17, 15) is 9.59 Å². The Hall–Kier alpha value is -2.24. The summed E-state index contributed by atoms with van der Waals surface area (Å²) in [5, 5.41) is 0. The first-order chi connectivity index (χ1) is 11.1. The van der Waals surface area contributed by atoms with Gasteiger partial charge in [-0.25, -0.2) is 0 Å². The molecule has 23 heavy (non-hydrogen) atoms. The van der Waals surface area contributed by atoms with Gasteiger partial charge in [-0.2, -0.15) is 0 Å². The number of fused-ring (bicyclic) bond motifs is 1. The van der Waals surface area contributed by atoms with E-state index in [-0.39, 0.29) is 17.9 Å². The third-order valence-corrected chi connectivity index (χ3v) is 4.34. The Morgan fingerprint density at radius 2 is 1.61 bits per heavy atom. The maximum Gasteiger partial charge on any atom is 0.267 e. The third-order valence-electron chi connectivity index (χ3n) is 4.34. The van der Waals surface area contributed by atoms with E-state index in [0.717, 1.165) is 6.42 Å². The van der Waals surface area contributed by atoms with Crippen molar-refractivity contribution in [3.05, 3.63) is 24.3 Å². The van der Waals surface area contributed by atoms with Gasteiger partial charge in [0.1, 0.15) is 6.10 Å². The average molecular weight is 318 g/mol. The Labute approximate surface area is 136 Å². The summed E-state index contributed by atoms with van der Waals surface area (Å²) >= 11 is 0. The lowest BCUT2D eigenvalue weighted by Gasteiger charge is -2.34. The number of carbonyl (C=O) groups excluding carboxylic acids is 2. The van der Waals surface area contributed by atoms with Gasteiger partial charge in [0, 0.05) is 33.1 Å². The fourth-order valence-corrected chi connectivity index (χ4v) is 3.02. The van der Waals surface area contributed by atoms with Crippen molar-refractivity contribution in [3.63, 3.8) is 0 Å². The molecule has 0 saturated carbocycles. The van der Waals surface area contributed by atoms with E-state index in [2.05, 4.69) is 0 Å². The van der Waals surface area contributed by atoms with Gasteiger partial charge >= 0.3 is 0 Å². The van der Waals surface area contributed by atoms with Gasteiger partial charge in [0.25, 0.3) is 5.91 Å². The van der Waals surface area contributed by atoms with Crippen LogP contribution in [0.5, 0.6) is 11.5 Å².